The molecule has 6 nitrogen and oxygen atoms in total. The van der Waals surface area contributed by atoms with Gasteiger partial charge in [-0.05, 0) is 83.5 Å². The Balaban J connectivity index is 4.12. The third-order valence-corrected chi connectivity index (χ3v) is 16.5. The minimum absolute atomic E-state index is 0.0700. The number of esters is 3. The maximum Gasteiger partial charge on any atom is 0.306 e. The third kappa shape index (κ3) is 69.8. The number of allylic oxidation sites excluding steroid dienone is 10. The molecule has 83 heavy (non-hydrogen) atoms. The summed E-state index contributed by atoms with van der Waals surface area (Å²) in [4.78, 5) is 38.4. The second-order valence-corrected chi connectivity index (χ2v) is 24.8. The lowest BCUT2D eigenvalue weighted by atomic mass is 10.0. The van der Waals surface area contributed by atoms with Crippen molar-refractivity contribution < 1.29 is 28.6 Å². The molecule has 0 aromatic heterocycles. The molecule has 0 heterocycles. The molecule has 0 aromatic carbocycles. The van der Waals surface area contributed by atoms with E-state index < -0.39 is 6.10 Å². The maximum absolute atomic E-state index is 12.9. The van der Waals surface area contributed by atoms with Crippen molar-refractivity contribution in [2.24, 2.45) is 0 Å². The van der Waals surface area contributed by atoms with Gasteiger partial charge in [0.25, 0.3) is 0 Å². The Morgan fingerprint density at radius 1 is 0.253 bits per heavy atom. The topological polar surface area (TPSA) is 78.9 Å². The minimum Gasteiger partial charge on any atom is -0.462 e. The first-order valence-corrected chi connectivity index (χ1v) is 36.8. The fourth-order valence-corrected chi connectivity index (χ4v) is 11.0. The van der Waals surface area contributed by atoms with Crippen LogP contribution in [0.5, 0.6) is 0 Å². The zero-order valence-corrected chi connectivity index (χ0v) is 55.7. The summed E-state index contributed by atoms with van der Waals surface area (Å²) in [5.74, 6) is -0.851. The molecule has 6 heteroatoms. The fraction of sp³-hybridized carbons (Fsp3) is 0.831. The van der Waals surface area contributed by atoms with Gasteiger partial charge in [0.05, 0.1) is 0 Å². The number of carbonyl (C=O) groups excluding carboxylic acids is 3. The molecule has 0 spiro atoms. The van der Waals surface area contributed by atoms with Gasteiger partial charge >= 0.3 is 17.9 Å². The van der Waals surface area contributed by atoms with E-state index in [1.165, 1.54) is 263 Å². The van der Waals surface area contributed by atoms with Gasteiger partial charge in [0.2, 0.25) is 0 Å². The molecule has 0 aliphatic carbocycles. The third-order valence-electron chi connectivity index (χ3n) is 16.5. The lowest BCUT2D eigenvalue weighted by molar-refractivity contribution is -0.167. The summed E-state index contributed by atoms with van der Waals surface area (Å²) >= 11 is 0. The van der Waals surface area contributed by atoms with Gasteiger partial charge in [0.15, 0.2) is 6.10 Å². The number of ether oxygens (including phenoxy) is 3. The number of hydrogen-bond donors (Lipinski definition) is 0. The number of hydrogen-bond acceptors (Lipinski definition) is 6. The van der Waals surface area contributed by atoms with Crippen molar-refractivity contribution in [3.05, 3.63) is 60.8 Å². The summed E-state index contributed by atoms with van der Waals surface area (Å²) in [5, 5.41) is 0. The molecule has 0 fully saturated rings. The zero-order chi connectivity index (χ0) is 59.9. The van der Waals surface area contributed by atoms with Crippen molar-refractivity contribution >= 4 is 17.9 Å². The van der Waals surface area contributed by atoms with Crippen molar-refractivity contribution in [1.82, 2.24) is 0 Å². The smallest absolute Gasteiger partial charge is 0.306 e. The van der Waals surface area contributed by atoms with Crippen LogP contribution in [0.1, 0.15) is 393 Å². The van der Waals surface area contributed by atoms with Gasteiger partial charge in [0, 0.05) is 19.3 Å². The van der Waals surface area contributed by atoms with E-state index in [1.54, 1.807) is 0 Å². The van der Waals surface area contributed by atoms with Crippen LogP contribution in [0.15, 0.2) is 60.8 Å². The molecule has 484 valence electrons. The highest BCUT2D eigenvalue weighted by atomic mass is 16.6. The van der Waals surface area contributed by atoms with Crippen molar-refractivity contribution in [3.8, 4) is 0 Å². The van der Waals surface area contributed by atoms with Gasteiger partial charge in [-0.25, -0.2) is 0 Å². The summed E-state index contributed by atoms with van der Waals surface area (Å²) in [5.41, 5.74) is 0. The van der Waals surface area contributed by atoms with Gasteiger partial charge in [-0.3, -0.25) is 14.4 Å². The minimum atomic E-state index is -0.774. The first-order valence-electron chi connectivity index (χ1n) is 36.8. The first-order chi connectivity index (χ1) is 41.0. The first kappa shape index (κ1) is 80.1. The second kappa shape index (κ2) is 71.6. The standard InChI is InChI=1S/C77H140O6/c1-4-7-10-13-16-19-22-25-27-29-31-33-34-35-36-37-38-39-40-41-42-43-44-45-47-48-50-52-55-58-61-64-67-70-76(79)82-73-74(72-81-75(78)69-66-63-60-57-54-24-21-18-15-12-9-6-3)83-77(80)71-68-65-62-59-56-53-51-49-46-32-30-28-26-23-20-17-14-11-8-5-2/h7,10,16,18-19,21,25,27,31,33,74H,4-6,8-9,11-15,17,20,22-24,26,28-30,32,34-73H2,1-3H3/b10-7-,19-16-,21-18-,27-25-,33-31-. The van der Waals surface area contributed by atoms with Gasteiger partial charge < -0.3 is 14.2 Å². The van der Waals surface area contributed by atoms with Crippen LogP contribution in [0, 0.1) is 0 Å². The van der Waals surface area contributed by atoms with Crippen LogP contribution in [-0.2, 0) is 28.6 Å². The van der Waals surface area contributed by atoms with Crippen LogP contribution in [0.3, 0.4) is 0 Å². The molecule has 0 saturated heterocycles. The zero-order valence-electron chi connectivity index (χ0n) is 55.7. The molecule has 1 unspecified atom stereocenters. The Kier molecular flexibility index (Phi) is 69.1. The number of carbonyl (C=O) groups is 3. The lowest BCUT2D eigenvalue weighted by Crippen LogP contribution is -2.30. The highest BCUT2D eigenvalue weighted by molar-refractivity contribution is 5.71. The molecule has 0 saturated carbocycles. The Morgan fingerprint density at radius 2 is 0.470 bits per heavy atom. The van der Waals surface area contributed by atoms with Crippen LogP contribution in [0.2, 0.25) is 0 Å². The van der Waals surface area contributed by atoms with E-state index in [4.69, 9.17) is 14.2 Å². The van der Waals surface area contributed by atoms with Crippen LogP contribution in [0.25, 0.3) is 0 Å². The normalized spacial score (nSPS) is 12.4. The van der Waals surface area contributed by atoms with E-state index in [2.05, 4.69) is 81.5 Å². The molecular weight excluding hydrogens is 1020 g/mol. The van der Waals surface area contributed by atoms with Crippen molar-refractivity contribution in [1.29, 1.82) is 0 Å². The highest BCUT2D eigenvalue weighted by Gasteiger charge is 2.19. The summed E-state index contributed by atoms with van der Waals surface area (Å²) < 4.78 is 17.0. The number of unbranched alkanes of at least 4 members (excludes halogenated alkanes) is 47. The highest BCUT2D eigenvalue weighted by Crippen LogP contribution is 2.19. The SMILES string of the molecule is CC/C=C\C/C=C\C/C=C\C/C=C\CCCCCCCCCCCCCCCCCCCCCCC(=O)OCC(COC(=O)CCCCCCC/C=C\CCCCC)OC(=O)CCCCCCCCCCCCCCCCCCCCCC. The Morgan fingerprint density at radius 3 is 0.771 bits per heavy atom. The van der Waals surface area contributed by atoms with Crippen molar-refractivity contribution in [3.63, 3.8) is 0 Å². The number of rotatable bonds is 68. The van der Waals surface area contributed by atoms with Gasteiger partial charge in [-0.1, -0.05) is 351 Å². The second-order valence-electron chi connectivity index (χ2n) is 24.8. The van der Waals surface area contributed by atoms with Crippen LogP contribution >= 0.6 is 0 Å². The molecule has 0 aliphatic rings. The molecule has 0 rings (SSSR count). The summed E-state index contributed by atoms with van der Waals surface area (Å²) in [7, 11) is 0. The molecule has 0 aromatic rings. The fourth-order valence-electron chi connectivity index (χ4n) is 11.0. The average molecular weight is 1160 g/mol. The van der Waals surface area contributed by atoms with E-state index in [-0.39, 0.29) is 31.1 Å². The predicted octanol–water partition coefficient (Wildman–Crippen LogP) is 25.5. The van der Waals surface area contributed by atoms with Gasteiger partial charge in [-0.2, -0.15) is 0 Å². The molecule has 0 aliphatic heterocycles. The van der Waals surface area contributed by atoms with Crippen LogP contribution in [-0.4, -0.2) is 37.2 Å². The van der Waals surface area contributed by atoms with Crippen LogP contribution in [0.4, 0.5) is 0 Å². The summed E-state index contributed by atoms with van der Waals surface area (Å²) in [6.07, 6.45) is 92.7. The van der Waals surface area contributed by atoms with Gasteiger partial charge in [-0.15, -0.1) is 0 Å². The molecular formula is C77H140O6. The average Bonchev–Trinajstić information content (AvgIpc) is 3.49. The molecule has 1 atom stereocenters. The summed E-state index contributed by atoms with van der Waals surface area (Å²) in [6, 6.07) is 0. The lowest BCUT2D eigenvalue weighted by Gasteiger charge is -2.18. The monoisotopic (exact) mass is 1160 g/mol. The van der Waals surface area contributed by atoms with Gasteiger partial charge in [0.1, 0.15) is 13.2 Å². The Bertz CT molecular complexity index is 1470. The van der Waals surface area contributed by atoms with Crippen molar-refractivity contribution in [2.45, 2.75) is 399 Å². The summed E-state index contributed by atoms with van der Waals surface area (Å²) in [6.45, 7) is 6.57. The molecule has 0 radical (unpaired) electrons. The van der Waals surface area contributed by atoms with Crippen molar-refractivity contribution in [2.75, 3.05) is 13.2 Å². The largest absolute Gasteiger partial charge is 0.462 e. The van der Waals surface area contributed by atoms with Crippen LogP contribution < -0.4 is 0 Å². The van der Waals surface area contributed by atoms with E-state index in [0.29, 0.717) is 19.3 Å². The predicted molar refractivity (Wildman–Crippen MR) is 362 cm³/mol. The molecule has 0 N–H and O–H groups in total. The quantitative estimate of drug-likeness (QED) is 0.0261. The molecule has 0 amide bonds. The Labute approximate surface area is 517 Å². The van der Waals surface area contributed by atoms with E-state index in [1.807, 2.05) is 0 Å². The van der Waals surface area contributed by atoms with E-state index >= 15 is 0 Å². The van der Waals surface area contributed by atoms with E-state index in [0.717, 1.165) is 89.9 Å². The molecule has 0 bridgehead atoms. The maximum atomic E-state index is 12.9. The van der Waals surface area contributed by atoms with E-state index in [9.17, 15) is 14.4 Å². The Hall–Kier alpha value is -2.89.